The minimum absolute atomic E-state index is 0.246. The average Bonchev–Trinajstić information content (AvgIpc) is 2.28. The Morgan fingerprint density at radius 1 is 1.18 bits per heavy atom. The second kappa shape index (κ2) is 6.47. The number of aliphatic carboxylic acids is 1. The van der Waals surface area contributed by atoms with Gasteiger partial charge in [0.05, 0.1) is 5.92 Å². The lowest BCUT2D eigenvalue weighted by Gasteiger charge is -2.25. The molecule has 2 atom stereocenters. The third kappa shape index (κ3) is 4.63. The Kier molecular flexibility index (Phi) is 5.25. The summed E-state index contributed by atoms with van der Waals surface area (Å²) in [6, 6.07) is -0.371. The maximum atomic E-state index is 11.6. The van der Waals surface area contributed by atoms with Crippen molar-refractivity contribution in [2.75, 3.05) is 0 Å². The highest BCUT2D eigenvalue weighted by Gasteiger charge is 2.22. The van der Waals surface area contributed by atoms with Crippen LogP contribution in [-0.4, -0.2) is 29.2 Å². The summed E-state index contributed by atoms with van der Waals surface area (Å²) in [6.07, 6.45) is 5.61. The van der Waals surface area contributed by atoms with Crippen molar-refractivity contribution in [3.8, 4) is 0 Å². The molecule has 2 amide bonds. The number of carboxylic acid groups (broad SMARTS) is 1. The molecule has 1 fully saturated rings. The van der Waals surface area contributed by atoms with Crippen molar-refractivity contribution in [1.82, 2.24) is 10.6 Å². The third-order valence-electron chi connectivity index (χ3n) is 3.44. The molecule has 0 aliphatic heterocycles. The molecule has 1 aliphatic carbocycles. The number of urea groups is 1. The Hall–Kier alpha value is -1.26. The zero-order valence-electron chi connectivity index (χ0n) is 10.5. The Labute approximate surface area is 102 Å². The summed E-state index contributed by atoms with van der Waals surface area (Å²) in [6.45, 7) is 3.30. The summed E-state index contributed by atoms with van der Waals surface area (Å²) in [5.74, 6) is -1.47. The first-order chi connectivity index (χ1) is 8.00. The number of carbonyl (C=O) groups excluding carboxylic acids is 1. The quantitative estimate of drug-likeness (QED) is 0.702. The molecule has 98 valence electrons. The summed E-state index contributed by atoms with van der Waals surface area (Å²) in [7, 11) is 0. The van der Waals surface area contributed by atoms with Crippen LogP contribution in [0.15, 0.2) is 0 Å². The number of carbonyl (C=O) groups is 2. The first kappa shape index (κ1) is 13.8. The number of rotatable bonds is 4. The van der Waals surface area contributed by atoms with Crippen molar-refractivity contribution in [2.24, 2.45) is 5.92 Å². The summed E-state index contributed by atoms with van der Waals surface area (Å²) < 4.78 is 0. The molecule has 5 heteroatoms. The minimum atomic E-state index is -0.893. The van der Waals surface area contributed by atoms with Crippen LogP contribution in [-0.2, 0) is 4.79 Å². The molecule has 1 rings (SSSR count). The molecule has 17 heavy (non-hydrogen) atoms. The highest BCUT2D eigenvalue weighted by atomic mass is 16.4. The second-order valence-electron chi connectivity index (χ2n) is 4.87. The molecule has 0 aromatic heterocycles. The van der Waals surface area contributed by atoms with E-state index < -0.39 is 11.9 Å². The molecular weight excluding hydrogens is 220 g/mol. The standard InChI is InChI=1S/C12H22N2O3/c1-8(11(15)16)9(2)13-12(17)14-10-6-4-3-5-7-10/h8-10H,3-7H2,1-2H3,(H,15,16)(H2,13,14,17). The monoisotopic (exact) mass is 242 g/mol. The van der Waals surface area contributed by atoms with E-state index in [4.69, 9.17) is 5.11 Å². The second-order valence-corrected chi connectivity index (χ2v) is 4.87. The maximum absolute atomic E-state index is 11.6. The SMILES string of the molecule is CC(NC(=O)NC1CCCCC1)C(C)C(=O)O. The van der Waals surface area contributed by atoms with Crippen LogP contribution in [0.25, 0.3) is 0 Å². The highest BCUT2D eigenvalue weighted by molar-refractivity contribution is 5.76. The van der Waals surface area contributed by atoms with E-state index in [0.29, 0.717) is 0 Å². The van der Waals surface area contributed by atoms with Crippen molar-refractivity contribution >= 4 is 12.0 Å². The van der Waals surface area contributed by atoms with Crippen LogP contribution < -0.4 is 10.6 Å². The summed E-state index contributed by atoms with van der Waals surface area (Å²) in [5.41, 5.74) is 0. The van der Waals surface area contributed by atoms with Gasteiger partial charge in [-0.1, -0.05) is 19.3 Å². The van der Waals surface area contributed by atoms with Crippen molar-refractivity contribution in [3.63, 3.8) is 0 Å². The number of carboxylic acids is 1. The van der Waals surface area contributed by atoms with Gasteiger partial charge in [-0.15, -0.1) is 0 Å². The van der Waals surface area contributed by atoms with Crippen LogP contribution in [0.4, 0.5) is 4.79 Å². The first-order valence-corrected chi connectivity index (χ1v) is 6.30. The normalized spacial score (nSPS) is 20.4. The molecule has 0 radical (unpaired) electrons. The smallest absolute Gasteiger partial charge is 0.315 e. The Morgan fingerprint density at radius 3 is 2.29 bits per heavy atom. The lowest BCUT2D eigenvalue weighted by molar-refractivity contribution is -0.141. The predicted octanol–water partition coefficient (Wildman–Crippen LogP) is 1.73. The lowest BCUT2D eigenvalue weighted by atomic mass is 9.96. The maximum Gasteiger partial charge on any atom is 0.315 e. The van der Waals surface area contributed by atoms with Gasteiger partial charge >= 0.3 is 12.0 Å². The van der Waals surface area contributed by atoms with E-state index in [1.807, 2.05) is 0 Å². The summed E-state index contributed by atoms with van der Waals surface area (Å²) >= 11 is 0. The van der Waals surface area contributed by atoms with Gasteiger partial charge in [0, 0.05) is 12.1 Å². The van der Waals surface area contributed by atoms with E-state index in [9.17, 15) is 9.59 Å². The van der Waals surface area contributed by atoms with E-state index in [2.05, 4.69) is 10.6 Å². The molecule has 1 aliphatic rings. The van der Waals surface area contributed by atoms with Crippen LogP contribution in [0, 0.1) is 5.92 Å². The van der Waals surface area contributed by atoms with Crippen molar-refractivity contribution in [1.29, 1.82) is 0 Å². The molecule has 2 unspecified atom stereocenters. The van der Waals surface area contributed by atoms with Crippen LogP contribution in [0.2, 0.25) is 0 Å². The van der Waals surface area contributed by atoms with Crippen LogP contribution >= 0.6 is 0 Å². The topological polar surface area (TPSA) is 78.4 Å². The van der Waals surface area contributed by atoms with Crippen molar-refractivity contribution in [2.45, 2.75) is 58.0 Å². The minimum Gasteiger partial charge on any atom is -0.481 e. The van der Waals surface area contributed by atoms with Gasteiger partial charge in [-0.25, -0.2) is 4.79 Å². The first-order valence-electron chi connectivity index (χ1n) is 6.30. The van der Waals surface area contributed by atoms with Gasteiger partial charge in [-0.2, -0.15) is 0 Å². The van der Waals surface area contributed by atoms with Crippen molar-refractivity contribution < 1.29 is 14.7 Å². The number of amides is 2. The molecule has 0 heterocycles. The lowest BCUT2D eigenvalue weighted by Crippen LogP contribution is -2.48. The summed E-state index contributed by atoms with van der Waals surface area (Å²) in [5, 5.41) is 14.4. The zero-order valence-corrected chi connectivity index (χ0v) is 10.5. The van der Waals surface area contributed by atoms with Crippen molar-refractivity contribution in [3.05, 3.63) is 0 Å². The number of hydrogen-bond acceptors (Lipinski definition) is 2. The molecule has 3 N–H and O–H groups in total. The Balaban J connectivity index is 2.30. The molecule has 5 nitrogen and oxygen atoms in total. The molecule has 0 aromatic carbocycles. The van der Waals surface area contributed by atoms with Crippen LogP contribution in [0.3, 0.4) is 0 Å². The molecule has 1 saturated carbocycles. The van der Waals surface area contributed by atoms with Gasteiger partial charge in [0.2, 0.25) is 0 Å². The van der Waals surface area contributed by atoms with Gasteiger partial charge < -0.3 is 15.7 Å². The van der Waals surface area contributed by atoms with E-state index >= 15 is 0 Å². The third-order valence-corrected chi connectivity index (χ3v) is 3.44. The van der Waals surface area contributed by atoms with Gasteiger partial charge in [0.1, 0.15) is 0 Å². The van der Waals surface area contributed by atoms with E-state index in [-0.39, 0.29) is 18.1 Å². The molecule has 0 aromatic rings. The van der Waals surface area contributed by atoms with Gasteiger partial charge in [-0.3, -0.25) is 4.79 Å². The van der Waals surface area contributed by atoms with Gasteiger partial charge in [-0.05, 0) is 26.7 Å². The van der Waals surface area contributed by atoms with E-state index in [0.717, 1.165) is 25.7 Å². The predicted molar refractivity (Wildman–Crippen MR) is 64.8 cm³/mol. The molecule has 0 saturated heterocycles. The molecule has 0 spiro atoms. The van der Waals surface area contributed by atoms with Gasteiger partial charge in [0.15, 0.2) is 0 Å². The Bertz CT molecular complexity index is 275. The fraction of sp³-hybridized carbons (Fsp3) is 0.833. The number of nitrogens with one attached hydrogen (secondary N) is 2. The highest BCUT2D eigenvalue weighted by Crippen LogP contribution is 2.17. The fourth-order valence-corrected chi connectivity index (χ4v) is 2.02. The van der Waals surface area contributed by atoms with E-state index in [1.165, 1.54) is 6.42 Å². The van der Waals surface area contributed by atoms with Crippen LogP contribution in [0.1, 0.15) is 46.0 Å². The number of hydrogen-bond donors (Lipinski definition) is 3. The van der Waals surface area contributed by atoms with Crippen LogP contribution in [0.5, 0.6) is 0 Å². The van der Waals surface area contributed by atoms with Gasteiger partial charge in [0.25, 0.3) is 0 Å². The molecular formula is C12H22N2O3. The Morgan fingerprint density at radius 2 is 1.76 bits per heavy atom. The fourth-order valence-electron chi connectivity index (χ4n) is 2.02. The zero-order chi connectivity index (χ0) is 12.8. The molecule has 0 bridgehead atoms. The summed E-state index contributed by atoms with van der Waals surface area (Å²) in [4.78, 5) is 22.4. The largest absolute Gasteiger partial charge is 0.481 e. The van der Waals surface area contributed by atoms with E-state index in [1.54, 1.807) is 13.8 Å². The average molecular weight is 242 g/mol.